The van der Waals surface area contributed by atoms with E-state index in [1.54, 1.807) is 0 Å². The van der Waals surface area contributed by atoms with Crippen molar-refractivity contribution < 1.29 is 0 Å². The van der Waals surface area contributed by atoms with Gasteiger partial charge < -0.3 is 5.32 Å². The van der Waals surface area contributed by atoms with Crippen LogP contribution in [0.25, 0.3) is 0 Å². The molecular formula is C19H30N2. The Labute approximate surface area is 129 Å². The zero-order chi connectivity index (χ0) is 14.9. The van der Waals surface area contributed by atoms with Crippen LogP contribution in [0.1, 0.15) is 52.0 Å². The molecule has 1 aromatic carbocycles. The molecule has 0 radical (unpaired) electrons. The predicted octanol–water partition coefficient (Wildman–Crippen LogP) is 3.78. The summed E-state index contributed by atoms with van der Waals surface area (Å²) in [5.74, 6) is 0. The van der Waals surface area contributed by atoms with Gasteiger partial charge in [-0.05, 0) is 43.6 Å². The lowest BCUT2D eigenvalue weighted by Gasteiger charge is -2.47. The van der Waals surface area contributed by atoms with Crippen LogP contribution in [0.5, 0.6) is 0 Å². The molecule has 116 valence electrons. The molecule has 0 bridgehead atoms. The molecule has 2 heteroatoms. The van der Waals surface area contributed by atoms with Crippen LogP contribution in [0.3, 0.4) is 0 Å². The van der Waals surface area contributed by atoms with Crippen molar-refractivity contribution in [2.24, 2.45) is 5.41 Å². The molecule has 21 heavy (non-hydrogen) atoms. The third kappa shape index (κ3) is 3.32. The Morgan fingerprint density at radius 2 is 1.71 bits per heavy atom. The number of benzene rings is 1. The van der Waals surface area contributed by atoms with Gasteiger partial charge in [-0.1, -0.05) is 44.2 Å². The van der Waals surface area contributed by atoms with Crippen molar-refractivity contribution in [2.75, 3.05) is 19.6 Å². The third-order valence-electron chi connectivity index (χ3n) is 5.67. The van der Waals surface area contributed by atoms with Crippen molar-refractivity contribution in [3.63, 3.8) is 0 Å². The van der Waals surface area contributed by atoms with Crippen LogP contribution in [0.4, 0.5) is 0 Å². The highest BCUT2D eigenvalue weighted by atomic mass is 15.2. The maximum atomic E-state index is 3.76. The van der Waals surface area contributed by atoms with Crippen LogP contribution < -0.4 is 5.32 Å². The topological polar surface area (TPSA) is 15.3 Å². The molecule has 1 heterocycles. The van der Waals surface area contributed by atoms with Crippen molar-refractivity contribution in [1.29, 1.82) is 0 Å². The zero-order valence-electron chi connectivity index (χ0n) is 13.9. The van der Waals surface area contributed by atoms with Gasteiger partial charge in [-0.3, -0.25) is 4.90 Å². The second-order valence-electron chi connectivity index (χ2n) is 7.99. The molecular weight excluding hydrogens is 256 g/mol. The molecule has 0 spiro atoms. The van der Waals surface area contributed by atoms with Crippen LogP contribution in [-0.2, 0) is 5.54 Å². The summed E-state index contributed by atoms with van der Waals surface area (Å²) in [5.41, 5.74) is 2.09. The van der Waals surface area contributed by atoms with E-state index >= 15 is 0 Å². The largest absolute Gasteiger partial charge is 0.305 e. The van der Waals surface area contributed by atoms with Gasteiger partial charge in [-0.15, -0.1) is 0 Å². The van der Waals surface area contributed by atoms with Crippen LogP contribution in [0, 0.1) is 5.41 Å². The van der Waals surface area contributed by atoms with E-state index in [0.29, 0.717) is 5.41 Å². The fourth-order valence-electron chi connectivity index (χ4n) is 4.08. The van der Waals surface area contributed by atoms with Crippen LogP contribution >= 0.6 is 0 Å². The van der Waals surface area contributed by atoms with Crippen molar-refractivity contribution in [1.82, 2.24) is 10.2 Å². The molecule has 1 aliphatic carbocycles. The van der Waals surface area contributed by atoms with Crippen LogP contribution in [-0.4, -0.2) is 30.6 Å². The number of nitrogens with zero attached hydrogens (tertiary/aromatic N) is 1. The Hall–Kier alpha value is -0.860. The number of piperazine rings is 1. The molecule has 3 rings (SSSR count). The van der Waals surface area contributed by atoms with Gasteiger partial charge in [-0.25, -0.2) is 0 Å². The molecule has 1 atom stereocenters. The first-order valence-corrected chi connectivity index (χ1v) is 8.53. The molecule has 2 nitrogen and oxygen atoms in total. The second-order valence-corrected chi connectivity index (χ2v) is 7.99. The van der Waals surface area contributed by atoms with E-state index in [4.69, 9.17) is 0 Å². The second kappa shape index (κ2) is 5.73. The van der Waals surface area contributed by atoms with Gasteiger partial charge in [-0.2, -0.15) is 0 Å². The first-order valence-electron chi connectivity index (χ1n) is 8.53. The van der Waals surface area contributed by atoms with Gasteiger partial charge in [0.15, 0.2) is 0 Å². The average molecular weight is 286 g/mol. The van der Waals surface area contributed by atoms with E-state index in [1.807, 2.05) is 0 Å². The maximum Gasteiger partial charge on any atom is 0.0535 e. The van der Waals surface area contributed by atoms with Gasteiger partial charge in [0.1, 0.15) is 0 Å². The molecule has 1 N–H and O–H groups in total. The highest BCUT2D eigenvalue weighted by Gasteiger charge is 2.37. The van der Waals surface area contributed by atoms with Gasteiger partial charge >= 0.3 is 0 Å². The minimum atomic E-state index is 0.104. The number of rotatable bonds is 2. The summed E-state index contributed by atoms with van der Waals surface area (Å²) in [5, 5.41) is 3.76. The van der Waals surface area contributed by atoms with Gasteiger partial charge in [0, 0.05) is 25.7 Å². The van der Waals surface area contributed by atoms with E-state index in [1.165, 1.54) is 37.8 Å². The Kier molecular flexibility index (Phi) is 4.11. The number of hydrogen-bond acceptors (Lipinski definition) is 2. The molecule has 2 fully saturated rings. The predicted molar refractivity (Wildman–Crippen MR) is 89.4 cm³/mol. The Morgan fingerprint density at radius 1 is 1.05 bits per heavy atom. The lowest BCUT2D eigenvalue weighted by Crippen LogP contribution is -2.59. The quantitative estimate of drug-likeness (QED) is 0.890. The smallest absolute Gasteiger partial charge is 0.0535 e. The summed E-state index contributed by atoms with van der Waals surface area (Å²) in [6.07, 6.45) is 5.50. The first kappa shape index (κ1) is 15.1. The SMILES string of the molecule is CC1(C)CCC(N2CCNC(C)(c3ccccc3)C2)CC1. The Bertz CT molecular complexity index is 458. The van der Waals surface area contributed by atoms with Crippen molar-refractivity contribution in [3.05, 3.63) is 35.9 Å². The molecule has 1 unspecified atom stereocenters. The Balaban J connectivity index is 1.69. The van der Waals surface area contributed by atoms with E-state index in [-0.39, 0.29) is 5.54 Å². The minimum absolute atomic E-state index is 0.104. The number of nitrogens with one attached hydrogen (secondary N) is 1. The Morgan fingerprint density at radius 3 is 2.38 bits per heavy atom. The van der Waals surface area contributed by atoms with Crippen LogP contribution in [0.15, 0.2) is 30.3 Å². The van der Waals surface area contributed by atoms with Crippen LogP contribution in [0.2, 0.25) is 0 Å². The third-order valence-corrected chi connectivity index (χ3v) is 5.67. The average Bonchev–Trinajstić information content (AvgIpc) is 2.48. The standard InChI is InChI=1S/C19H30N2/c1-18(2)11-9-17(10-12-18)21-14-13-20-19(3,15-21)16-7-5-4-6-8-16/h4-8,17,20H,9-15H2,1-3H3. The zero-order valence-corrected chi connectivity index (χ0v) is 13.9. The summed E-state index contributed by atoms with van der Waals surface area (Å²) in [4.78, 5) is 2.75. The van der Waals surface area contributed by atoms with Gasteiger partial charge in [0.25, 0.3) is 0 Å². The summed E-state index contributed by atoms with van der Waals surface area (Å²) < 4.78 is 0. The first-order chi connectivity index (χ1) is 9.99. The number of hydrogen-bond donors (Lipinski definition) is 1. The maximum absolute atomic E-state index is 3.76. The monoisotopic (exact) mass is 286 g/mol. The van der Waals surface area contributed by atoms with E-state index in [2.05, 4.69) is 61.3 Å². The van der Waals surface area contributed by atoms with E-state index in [0.717, 1.165) is 19.1 Å². The van der Waals surface area contributed by atoms with Crippen molar-refractivity contribution >= 4 is 0 Å². The fourth-order valence-corrected chi connectivity index (χ4v) is 4.08. The molecule has 1 saturated carbocycles. The molecule has 1 saturated heterocycles. The highest BCUT2D eigenvalue weighted by molar-refractivity contribution is 5.25. The minimum Gasteiger partial charge on any atom is -0.305 e. The molecule has 2 aliphatic rings. The lowest BCUT2D eigenvalue weighted by atomic mass is 9.75. The summed E-state index contributed by atoms with van der Waals surface area (Å²) >= 11 is 0. The molecule has 1 aliphatic heterocycles. The molecule has 0 amide bonds. The van der Waals surface area contributed by atoms with Gasteiger partial charge in [0.2, 0.25) is 0 Å². The summed E-state index contributed by atoms with van der Waals surface area (Å²) in [7, 11) is 0. The van der Waals surface area contributed by atoms with E-state index < -0.39 is 0 Å². The highest BCUT2D eigenvalue weighted by Crippen LogP contribution is 2.38. The van der Waals surface area contributed by atoms with Crippen molar-refractivity contribution in [3.8, 4) is 0 Å². The normalized spacial score (nSPS) is 31.2. The van der Waals surface area contributed by atoms with E-state index in [9.17, 15) is 0 Å². The summed E-state index contributed by atoms with van der Waals surface area (Å²) in [6, 6.07) is 11.7. The van der Waals surface area contributed by atoms with Crippen molar-refractivity contribution in [2.45, 2.75) is 58.0 Å². The summed E-state index contributed by atoms with van der Waals surface area (Å²) in [6.45, 7) is 10.7. The lowest BCUT2D eigenvalue weighted by molar-refractivity contribution is 0.0563. The molecule has 1 aromatic rings. The molecule has 0 aromatic heterocycles. The van der Waals surface area contributed by atoms with Gasteiger partial charge in [0.05, 0.1) is 5.54 Å². The fraction of sp³-hybridized carbons (Fsp3) is 0.684.